The SMILES string of the molecule is CC(=O)C[C@H]1[C@H]([C@H](O)[C@H](O)CO)O[C@@](Oc2ccc(COc3ccc4c(c3)Oc3cc(NCC(F)(F)F)ccc3C43OCc4ccccc43)cc2)(C(=O)O)C[C@@H]1O.O=c1ccc2c(-c3ccccc3CO)c3ccc(NCC(F)(F)F)cc3oc-2c1. The second kappa shape index (κ2) is 24.4. The van der Waals surface area contributed by atoms with Gasteiger partial charge in [0.05, 0.1) is 38.4 Å². The molecule has 5 aliphatic rings. The molecule has 450 valence electrons. The number of hydrogen-bond acceptors (Lipinski definition) is 16. The number of Topliss-reactive ketones (excluding diaryl/α,β-unsaturated/α-hetero) is 1. The average Bonchev–Trinajstić information content (AvgIpc) is 1.42. The van der Waals surface area contributed by atoms with Crippen LogP contribution < -0.4 is 30.3 Å². The zero-order valence-corrected chi connectivity index (χ0v) is 45.5. The summed E-state index contributed by atoms with van der Waals surface area (Å²) in [5, 5.41) is 66.6. The summed E-state index contributed by atoms with van der Waals surface area (Å²) in [6.07, 6.45) is -16.4. The summed E-state index contributed by atoms with van der Waals surface area (Å²) in [6, 6.07) is 40.2. The molecule has 11 rings (SSSR count). The topological polar surface area (TPSA) is 256 Å². The number of halogens is 6. The molecule has 1 fully saturated rings. The molecule has 0 aromatic heterocycles. The molecule has 4 heterocycles. The molecule has 0 amide bonds. The summed E-state index contributed by atoms with van der Waals surface area (Å²) in [7, 11) is 0. The molecule has 1 aliphatic carbocycles. The van der Waals surface area contributed by atoms with E-state index in [2.05, 4.69) is 10.6 Å². The number of nitrogens with one attached hydrogen (secondary N) is 2. The number of carboxylic acid groups (broad SMARTS) is 1. The minimum Gasteiger partial charge on any atom is -0.489 e. The van der Waals surface area contributed by atoms with E-state index in [1.165, 1.54) is 43.3 Å². The Morgan fingerprint density at radius 2 is 1.40 bits per heavy atom. The minimum absolute atomic E-state index is 0.0152. The number of carbonyl (C=O) groups is 2. The summed E-state index contributed by atoms with van der Waals surface area (Å²) in [6.45, 7) is -1.88. The van der Waals surface area contributed by atoms with Crippen LogP contribution in [0.3, 0.4) is 0 Å². The van der Waals surface area contributed by atoms with Gasteiger partial charge in [-0.25, -0.2) is 4.79 Å². The number of rotatable bonds is 17. The zero-order chi connectivity index (χ0) is 61.3. The Morgan fingerprint density at radius 1 is 0.744 bits per heavy atom. The third kappa shape index (κ3) is 12.7. The maximum Gasteiger partial charge on any atom is 0.405 e. The van der Waals surface area contributed by atoms with Crippen LogP contribution in [0.5, 0.6) is 23.0 Å². The van der Waals surface area contributed by atoms with Crippen molar-refractivity contribution in [1.29, 1.82) is 0 Å². The van der Waals surface area contributed by atoms with Crippen LogP contribution in [0.15, 0.2) is 155 Å². The van der Waals surface area contributed by atoms with Gasteiger partial charge in [-0.1, -0.05) is 60.7 Å². The molecule has 86 heavy (non-hydrogen) atoms. The maximum absolute atomic E-state index is 13.0. The van der Waals surface area contributed by atoms with E-state index in [0.29, 0.717) is 68.4 Å². The quantitative estimate of drug-likeness (QED) is 0.0312. The smallest absolute Gasteiger partial charge is 0.405 e. The van der Waals surface area contributed by atoms with Crippen LogP contribution in [0.1, 0.15) is 53.1 Å². The average molecular weight is 1200 g/mol. The highest BCUT2D eigenvalue weighted by atomic mass is 19.4. The van der Waals surface area contributed by atoms with E-state index in [4.69, 9.17) is 28.1 Å². The predicted molar refractivity (Wildman–Crippen MR) is 299 cm³/mol. The fourth-order valence-electron chi connectivity index (χ4n) is 11.0. The lowest BCUT2D eigenvalue weighted by Gasteiger charge is -2.46. The summed E-state index contributed by atoms with van der Waals surface area (Å²) in [5.41, 5.74) is 6.11. The Labute approximate surface area is 485 Å². The number of hydrogen-bond donors (Lipinski definition) is 8. The normalized spacial score (nSPS) is 20.3. The summed E-state index contributed by atoms with van der Waals surface area (Å²) < 4.78 is 113. The minimum atomic E-state index is -4.42. The Hall–Kier alpha value is -8.55. The lowest BCUT2D eigenvalue weighted by atomic mass is 9.77. The molecule has 23 heteroatoms. The lowest BCUT2D eigenvalue weighted by molar-refractivity contribution is -0.293. The van der Waals surface area contributed by atoms with Crippen molar-refractivity contribution in [3.63, 3.8) is 0 Å². The molecular formula is C63H56F6N2O15. The van der Waals surface area contributed by atoms with Gasteiger partial charge in [0.2, 0.25) is 0 Å². The second-order valence-electron chi connectivity index (χ2n) is 21.0. The first-order valence-corrected chi connectivity index (χ1v) is 26.9. The Balaban J connectivity index is 0.000000236. The molecule has 7 atom stereocenters. The van der Waals surface area contributed by atoms with Gasteiger partial charge in [0, 0.05) is 75.6 Å². The molecule has 8 N–H and O–H groups in total. The standard InChI is InChI=1S/C41H40F3NO12.C22H16F3NO3/c1-22(47)14-28-32(48)17-39(38(51)52,57-37(28)36(50)33(49)18-46)56-26-9-6-23(7-10-26)19-53-27-11-13-31-35(16-27)55-34-15-25(45-21-40(42,43)44)8-12-30(34)41(31)29-5-3-2-4-24(29)20-54-41;23-22(24,25)12-26-14-5-7-17-19(9-14)29-20-10-15(28)6-8-18(20)21(17)16-4-2-1-3-13(16)11-27/h2-13,15-16,28,32-33,36-37,45-46,48-50H,14,17-21H2,1H3,(H,51,52);1-10,26-27H,11-12H2/t28-,32+,33-,36-,37-,39-,41?;/m1./s1. The molecule has 1 spiro atoms. The van der Waals surface area contributed by atoms with Crippen LogP contribution >= 0.6 is 0 Å². The van der Waals surface area contributed by atoms with Gasteiger partial charge in [-0.3, -0.25) is 4.79 Å². The molecule has 0 bridgehead atoms. The van der Waals surface area contributed by atoms with Gasteiger partial charge in [0.25, 0.3) is 0 Å². The molecular weight excluding hydrogens is 1140 g/mol. The molecule has 4 aliphatic heterocycles. The molecule has 1 saturated heterocycles. The van der Waals surface area contributed by atoms with Crippen LogP contribution in [0.25, 0.3) is 33.4 Å². The number of benzene rings is 7. The van der Waals surface area contributed by atoms with Crippen LogP contribution in [-0.4, -0.2) is 105 Å². The third-order valence-corrected chi connectivity index (χ3v) is 15.0. The van der Waals surface area contributed by atoms with Crippen LogP contribution in [0.2, 0.25) is 0 Å². The molecule has 17 nitrogen and oxygen atoms in total. The summed E-state index contributed by atoms with van der Waals surface area (Å²) in [4.78, 5) is 36.3. The Morgan fingerprint density at radius 3 is 2.08 bits per heavy atom. The molecule has 1 unspecified atom stereocenters. The van der Waals surface area contributed by atoms with Crippen LogP contribution in [0, 0.1) is 5.92 Å². The first-order chi connectivity index (χ1) is 41.0. The van der Waals surface area contributed by atoms with E-state index in [1.54, 1.807) is 60.7 Å². The highest BCUT2D eigenvalue weighted by Gasteiger charge is 2.57. The number of carboxylic acids is 1. The largest absolute Gasteiger partial charge is 0.489 e. The number of anilines is 2. The van der Waals surface area contributed by atoms with Crippen molar-refractivity contribution in [3.8, 4) is 45.4 Å². The Kier molecular flexibility index (Phi) is 17.2. The number of alkyl halides is 6. The fraction of sp³-hybridized carbons (Fsp3) is 0.286. The highest BCUT2D eigenvalue weighted by Crippen LogP contribution is 2.57. The molecule has 6 aromatic carbocycles. The molecule has 6 aromatic rings. The van der Waals surface area contributed by atoms with Gasteiger partial charge in [0.1, 0.15) is 72.0 Å². The van der Waals surface area contributed by atoms with Crippen molar-refractivity contribution in [3.05, 3.63) is 189 Å². The third-order valence-electron chi connectivity index (χ3n) is 15.0. The van der Waals surface area contributed by atoms with Gasteiger partial charge in [0.15, 0.2) is 11.0 Å². The predicted octanol–water partition coefficient (Wildman–Crippen LogP) is 9.82. The number of carbonyl (C=O) groups excluding carboxylic acids is 1. The number of aliphatic hydroxyl groups is 5. The summed E-state index contributed by atoms with van der Waals surface area (Å²) >= 11 is 0. The van der Waals surface area contributed by atoms with Gasteiger partial charge < -0.3 is 74.2 Å². The van der Waals surface area contributed by atoms with E-state index in [1.807, 2.05) is 48.5 Å². The fourth-order valence-corrected chi connectivity index (χ4v) is 11.0. The first-order valence-electron chi connectivity index (χ1n) is 26.9. The number of ketones is 1. The lowest BCUT2D eigenvalue weighted by Crippen LogP contribution is -2.63. The number of aliphatic carboxylic acids is 1. The van der Waals surface area contributed by atoms with Gasteiger partial charge in [-0.15, -0.1) is 0 Å². The first kappa shape index (κ1) is 60.6. The van der Waals surface area contributed by atoms with E-state index >= 15 is 0 Å². The van der Waals surface area contributed by atoms with Crippen molar-refractivity contribution < 1.29 is 94.7 Å². The van der Waals surface area contributed by atoms with Gasteiger partial charge in [-0.2, -0.15) is 26.3 Å². The molecule has 0 saturated carbocycles. The van der Waals surface area contributed by atoms with Crippen molar-refractivity contribution >= 4 is 34.1 Å². The van der Waals surface area contributed by atoms with Crippen molar-refractivity contribution in [2.24, 2.45) is 5.92 Å². The van der Waals surface area contributed by atoms with Crippen LogP contribution in [-0.2, 0) is 44.5 Å². The summed E-state index contributed by atoms with van der Waals surface area (Å²) in [5.74, 6) is -4.21. The highest BCUT2D eigenvalue weighted by molar-refractivity contribution is 6.03. The second-order valence-corrected chi connectivity index (χ2v) is 21.0. The van der Waals surface area contributed by atoms with Crippen LogP contribution in [0.4, 0.5) is 37.7 Å². The maximum atomic E-state index is 13.0. The number of fused-ring (bicyclic) bond motifs is 8. The van der Waals surface area contributed by atoms with Gasteiger partial charge in [-0.05, 0) is 95.4 Å². The number of ether oxygens (including phenoxy) is 5. The monoisotopic (exact) mass is 1190 g/mol. The van der Waals surface area contributed by atoms with E-state index in [0.717, 1.165) is 22.3 Å². The zero-order valence-electron chi connectivity index (χ0n) is 45.5. The van der Waals surface area contributed by atoms with E-state index < -0.39 is 86.2 Å². The Bertz CT molecular complexity index is 3820. The van der Waals surface area contributed by atoms with Crippen molar-refractivity contribution in [2.45, 2.75) is 87.7 Å². The molecule has 0 radical (unpaired) electrons. The van der Waals surface area contributed by atoms with E-state index in [-0.39, 0.29) is 48.0 Å². The van der Waals surface area contributed by atoms with E-state index in [9.17, 15) is 71.4 Å². The van der Waals surface area contributed by atoms with Gasteiger partial charge >= 0.3 is 24.1 Å². The number of aliphatic hydroxyl groups excluding tert-OH is 5. The van der Waals surface area contributed by atoms with Crippen molar-refractivity contribution in [2.75, 3.05) is 30.3 Å². The van der Waals surface area contributed by atoms with Crippen molar-refractivity contribution in [1.82, 2.24) is 0 Å².